The van der Waals surface area contributed by atoms with Gasteiger partial charge in [-0.1, -0.05) is 6.07 Å². The fourth-order valence-corrected chi connectivity index (χ4v) is 0.929. The fraction of sp³-hybridized carbons (Fsp3) is 0.333. The summed E-state index contributed by atoms with van der Waals surface area (Å²) in [5.74, 6) is -1.09. The molecule has 0 N–H and O–H groups in total. The van der Waals surface area contributed by atoms with Gasteiger partial charge in [-0.05, 0) is 25.5 Å². The normalized spacial score (nSPS) is 9.08. The van der Waals surface area contributed by atoms with Gasteiger partial charge in [0.25, 0.3) is 0 Å². The van der Waals surface area contributed by atoms with Crippen LogP contribution in [0.2, 0.25) is 0 Å². The van der Waals surface area contributed by atoms with Crippen molar-refractivity contribution in [2.45, 2.75) is 20.3 Å². The van der Waals surface area contributed by atoms with Crippen molar-refractivity contribution in [1.82, 2.24) is 4.98 Å². The van der Waals surface area contributed by atoms with Crippen LogP contribution in [-0.2, 0) is 11.2 Å². The number of nitrogens with zero attached hydrogens (tertiary/aromatic N) is 1. The van der Waals surface area contributed by atoms with E-state index < -0.39 is 5.97 Å². The van der Waals surface area contributed by atoms with Crippen molar-refractivity contribution in [1.29, 1.82) is 0 Å². The molecule has 0 aliphatic carbocycles. The first-order valence-electron chi connectivity index (χ1n) is 3.72. The molecule has 0 aliphatic heterocycles. The maximum atomic E-state index is 10.2. The molecule has 4 heteroatoms. The summed E-state index contributed by atoms with van der Waals surface area (Å²) in [6.07, 6.45) is -0.110. The van der Waals surface area contributed by atoms with Crippen LogP contribution in [0.1, 0.15) is 17.0 Å². The van der Waals surface area contributed by atoms with E-state index in [1.54, 1.807) is 6.07 Å². The summed E-state index contributed by atoms with van der Waals surface area (Å²) in [4.78, 5) is 14.3. The Balaban J connectivity index is 0.00000144. The van der Waals surface area contributed by atoms with Crippen LogP contribution in [0.5, 0.6) is 0 Å². The molecule has 0 fully saturated rings. The quantitative estimate of drug-likeness (QED) is 0.445. The minimum atomic E-state index is -1.09. The molecule has 0 spiro atoms. The second-order valence-corrected chi connectivity index (χ2v) is 2.75. The Kier molecular flexibility index (Phi) is 4.75. The first-order valence-corrected chi connectivity index (χ1v) is 3.72. The fourth-order valence-electron chi connectivity index (χ4n) is 0.929. The van der Waals surface area contributed by atoms with Gasteiger partial charge in [0.15, 0.2) is 0 Å². The Bertz CT molecular complexity index is 312. The molecule has 0 bridgehead atoms. The van der Waals surface area contributed by atoms with Gasteiger partial charge in [0, 0.05) is 23.8 Å². The number of pyridine rings is 1. The second-order valence-electron chi connectivity index (χ2n) is 2.75. The second kappa shape index (κ2) is 5.06. The van der Waals surface area contributed by atoms with Crippen LogP contribution < -0.4 is 24.0 Å². The third-order valence-corrected chi connectivity index (χ3v) is 1.73. The number of aliphatic carboxylic acids is 1. The number of aryl methyl sites for hydroxylation is 2. The summed E-state index contributed by atoms with van der Waals surface area (Å²) in [5, 5.41) is 10.2. The standard InChI is InChI=1S/C9H11NO2.Li/c1-6-3-4-8(5-9(11)12)10-7(6)2;/h3-4H,5H2,1-2H3,(H,11,12);/q;+1/p-1. The van der Waals surface area contributed by atoms with Crippen molar-refractivity contribution in [2.75, 3.05) is 0 Å². The minimum Gasteiger partial charge on any atom is -0.550 e. The van der Waals surface area contributed by atoms with Gasteiger partial charge in [-0.15, -0.1) is 0 Å². The van der Waals surface area contributed by atoms with E-state index >= 15 is 0 Å². The third kappa shape index (κ3) is 3.62. The molecule has 1 aromatic rings. The van der Waals surface area contributed by atoms with Gasteiger partial charge in [-0.3, -0.25) is 4.98 Å². The zero-order valence-electron chi connectivity index (χ0n) is 8.13. The van der Waals surface area contributed by atoms with Gasteiger partial charge in [-0.25, -0.2) is 0 Å². The smallest absolute Gasteiger partial charge is 0.550 e. The number of carbonyl (C=O) groups excluding carboxylic acids is 1. The van der Waals surface area contributed by atoms with E-state index in [0.29, 0.717) is 5.69 Å². The Labute approximate surface area is 89.4 Å². The zero-order valence-corrected chi connectivity index (χ0v) is 8.13. The van der Waals surface area contributed by atoms with Crippen LogP contribution in [0.15, 0.2) is 12.1 Å². The van der Waals surface area contributed by atoms with Gasteiger partial charge in [0.05, 0.1) is 0 Å². The number of hydrogen-bond donors (Lipinski definition) is 0. The average molecular weight is 171 g/mol. The van der Waals surface area contributed by atoms with Crippen molar-refractivity contribution < 1.29 is 28.8 Å². The SMILES string of the molecule is Cc1ccc(CC(=O)[O-])nc1C.[Li+]. The van der Waals surface area contributed by atoms with Crippen molar-refractivity contribution >= 4 is 5.97 Å². The van der Waals surface area contributed by atoms with Gasteiger partial charge in [-0.2, -0.15) is 0 Å². The molecule has 0 atom stereocenters. The number of carbonyl (C=O) groups is 1. The van der Waals surface area contributed by atoms with Crippen LogP contribution >= 0.6 is 0 Å². The Morgan fingerprint density at radius 2 is 2.08 bits per heavy atom. The molecule has 1 heterocycles. The topological polar surface area (TPSA) is 53.0 Å². The molecule has 13 heavy (non-hydrogen) atoms. The number of rotatable bonds is 2. The Morgan fingerprint density at radius 3 is 2.54 bits per heavy atom. The summed E-state index contributed by atoms with van der Waals surface area (Å²) in [6.45, 7) is 3.79. The molecule has 1 aromatic heterocycles. The maximum absolute atomic E-state index is 10.2. The van der Waals surface area contributed by atoms with E-state index in [1.165, 1.54) is 0 Å². The first-order chi connectivity index (χ1) is 5.59. The van der Waals surface area contributed by atoms with Gasteiger partial charge >= 0.3 is 18.9 Å². The van der Waals surface area contributed by atoms with Crippen LogP contribution in [0.25, 0.3) is 0 Å². The first kappa shape index (κ1) is 12.2. The number of carboxylic acid groups (broad SMARTS) is 1. The molecular weight excluding hydrogens is 161 g/mol. The van der Waals surface area contributed by atoms with E-state index in [4.69, 9.17) is 0 Å². The molecule has 3 nitrogen and oxygen atoms in total. The van der Waals surface area contributed by atoms with Crippen LogP contribution in [0, 0.1) is 13.8 Å². The van der Waals surface area contributed by atoms with Gasteiger partial charge < -0.3 is 9.90 Å². The predicted octanol–water partition coefficient (Wildman–Crippen LogP) is -3.01. The summed E-state index contributed by atoms with van der Waals surface area (Å²) in [6, 6.07) is 3.57. The predicted molar refractivity (Wildman–Crippen MR) is 42.4 cm³/mol. The van der Waals surface area contributed by atoms with E-state index in [1.807, 2.05) is 19.9 Å². The van der Waals surface area contributed by atoms with Crippen molar-refractivity contribution in [2.24, 2.45) is 0 Å². The zero-order chi connectivity index (χ0) is 9.14. The van der Waals surface area contributed by atoms with Crippen molar-refractivity contribution in [3.05, 3.63) is 29.1 Å². The molecule has 0 saturated carbocycles. The molecule has 0 unspecified atom stereocenters. The van der Waals surface area contributed by atoms with Crippen LogP contribution in [0.4, 0.5) is 0 Å². The van der Waals surface area contributed by atoms with E-state index in [0.717, 1.165) is 11.3 Å². The minimum absolute atomic E-state index is 0. The molecular formula is C9H10LiNO2. The molecule has 0 amide bonds. The van der Waals surface area contributed by atoms with Crippen molar-refractivity contribution in [3.63, 3.8) is 0 Å². The average Bonchev–Trinajstić information content (AvgIpc) is 1.96. The molecule has 0 aromatic carbocycles. The van der Waals surface area contributed by atoms with E-state index in [2.05, 4.69) is 4.98 Å². The monoisotopic (exact) mass is 171 g/mol. The largest absolute Gasteiger partial charge is 1.00 e. The van der Waals surface area contributed by atoms with Crippen LogP contribution in [0.3, 0.4) is 0 Å². The summed E-state index contributed by atoms with van der Waals surface area (Å²) < 4.78 is 0. The molecule has 0 saturated heterocycles. The van der Waals surface area contributed by atoms with E-state index in [-0.39, 0.29) is 25.3 Å². The summed E-state index contributed by atoms with van der Waals surface area (Å²) in [7, 11) is 0. The molecule has 1 rings (SSSR count). The third-order valence-electron chi connectivity index (χ3n) is 1.73. The molecule has 0 aliphatic rings. The van der Waals surface area contributed by atoms with Crippen LogP contribution in [-0.4, -0.2) is 11.0 Å². The molecule has 64 valence electrons. The summed E-state index contributed by atoms with van der Waals surface area (Å²) >= 11 is 0. The van der Waals surface area contributed by atoms with Crippen molar-refractivity contribution in [3.8, 4) is 0 Å². The number of carboxylic acids is 1. The van der Waals surface area contributed by atoms with Gasteiger partial charge in [0.2, 0.25) is 0 Å². The Hall–Kier alpha value is -0.783. The summed E-state index contributed by atoms with van der Waals surface area (Å²) in [5.41, 5.74) is 2.49. The molecule has 0 radical (unpaired) electrons. The number of aromatic nitrogens is 1. The number of hydrogen-bond acceptors (Lipinski definition) is 3. The Morgan fingerprint density at radius 1 is 1.46 bits per heavy atom. The van der Waals surface area contributed by atoms with E-state index in [9.17, 15) is 9.90 Å². The maximum Gasteiger partial charge on any atom is 1.00 e. The van der Waals surface area contributed by atoms with Gasteiger partial charge in [0.1, 0.15) is 0 Å².